The summed E-state index contributed by atoms with van der Waals surface area (Å²) in [6.45, 7) is 6.85. The molecule has 1 rings (SSSR count). The number of aryl methyl sites for hydroxylation is 1. The quantitative estimate of drug-likeness (QED) is 0.751. The number of thiophene rings is 1. The number of amides is 2. The number of rotatable bonds is 6. The van der Waals surface area contributed by atoms with Crippen LogP contribution < -0.4 is 10.6 Å². The number of anilines is 1. The van der Waals surface area contributed by atoms with Crippen molar-refractivity contribution < 1.29 is 19.5 Å². The Balaban J connectivity index is 3.05. The summed E-state index contributed by atoms with van der Waals surface area (Å²) in [5.74, 6) is -1.80. The molecule has 7 heteroatoms. The summed E-state index contributed by atoms with van der Waals surface area (Å²) in [4.78, 5) is 35.6. The smallest absolute Gasteiger partial charge is 0.326 e. The van der Waals surface area contributed by atoms with E-state index in [-0.39, 0.29) is 5.91 Å². The van der Waals surface area contributed by atoms with Crippen LogP contribution in [0.3, 0.4) is 0 Å². The molecule has 0 fully saturated rings. The second-order valence-electron chi connectivity index (χ2n) is 4.82. The maximum absolute atomic E-state index is 12.4. The molecule has 0 aliphatic rings. The van der Waals surface area contributed by atoms with Gasteiger partial charge < -0.3 is 15.7 Å². The van der Waals surface area contributed by atoms with Crippen LogP contribution >= 0.6 is 11.3 Å². The molecule has 116 valence electrons. The lowest BCUT2D eigenvalue weighted by molar-refractivity contribution is -0.139. The van der Waals surface area contributed by atoms with Gasteiger partial charge >= 0.3 is 5.97 Å². The van der Waals surface area contributed by atoms with Crippen LogP contribution in [0.4, 0.5) is 5.00 Å². The molecule has 1 aromatic rings. The third-order valence-corrected chi connectivity index (χ3v) is 4.21. The fourth-order valence-corrected chi connectivity index (χ4v) is 3.03. The van der Waals surface area contributed by atoms with Gasteiger partial charge in [0.05, 0.1) is 5.56 Å². The molecule has 0 saturated carbocycles. The minimum absolute atomic E-state index is 0.270. The Morgan fingerprint density at radius 1 is 1.29 bits per heavy atom. The Bertz CT molecular complexity index is 566. The Hall–Kier alpha value is -1.89. The van der Waals surface area contributed by atoms with E-state index in [9.17, 15) is 14.4 Å². The fraction of sp³-hybridized carbons (Fsp3) is 0.500. The number of carboxylic acid groups (broad SMARTS) is 1. The average molecular weight is 312 g/mol. The van der Waals surface area contributed by atoms with Gasteiger partial charge in [0.15, 0.2) is 0 Å². The summed E-state index contributed by atoms with van der Waals surface area (Å²) < 4.78 is 0. The molecule has 0 bridgehead atoms. The third kappa shape index (κ3) is 4.29. The molecular weight excluding hydrogens is 292 g/mol. The molecule has 1 heterocycles. The minimum atomic E-state index is -1.06. The molecule has 21 heavy (non-hydrogen) atoms. The normalized spacial score (nSPS) is 11.8. The maximum atomic E-state index is 12.4. The first-order chi connectivity index (χ1) is 9.77. The van der Waals surface area contributed by atoms with E-state index in [0.717, 1.165) is 10.4 Å². The zero-order valence-electron chi connectivity index (χ0n) is 12.6. The second kappa shape index (κ2) is 7.21. The van der Waals surface area contributed by atoms with E-state index < -0.39 is 17.9 Å². The van der Waals surface area contributed by atoms with E-state index in [1.165, 1.54) is 18.3 Å². The number of aliphatic carboxylic acids is 1. The molecule has 3 N–H and O–H groups in total. The van der Waals surface area contributed by atoms with Gasteiger partial charge in [0.25, 0.3) is 5.91 Å². The molecular formula is C14H20N2O4S. The van der Waals surface area contributed by atoms with Crippen molar-refractivity contribution in [3.63, 3.8) is 0 Å². The summed E-state index contributed by atoms with van der Waals surface area (Å²) in [6.07, 6.45) is 1.01. The largest absolute Gasteiger partial charge is 0.480 e. The zero-order valence-corrected chi connectivity index (χ0v) is 13.4. The third-order valence-electron chi connectivity index (χ3n) is 3.08. The predicted molar refractivity (Wildman–Crippen MR) is 81.9 cm³/mol. The fourth-order valence-electron chi connectivity index (χ4n) is 1.92. The van der Waals surface area contributed by atoms with Gasteiger partial charge in [-0.15, -0.1) is 11.3 Å². The van der Waals surface area contributed by atoms with Gasteiger partial charge in [-0.2, -0.15) is 0 Å². The number of hydrogen-bond acceptors (Lipinski definition) is 4. The number of carbonyl (C=O) groups excluding carboxylic acids is 2. The molecule has 1 atom stereocenters. The molecule has 0 saturated heterocycles. The standard InChI is InChI=1S/C14H20N2O4S/c1-5-6-10(14(19)20)16-12(18)11-7(2)8(3)21-13(11)15-9(4)17/h10H,5-6H2,1-4H3,(H,15,17)(H,16,18)(H,19,20). The molecule has 0 aliphatic heterocycles. The highest BCUT2D eigenvalue weighted by atomic mass is 32.1. The molecule has 1 aromatic heterocycles. The zero-order chi connectivity index (χ0) is 16.2. The average Bonchev–Trinajstić information content (AvgIpc) is 2.63. The van der Waals surface area contributed by atoms with Crippen molar-refractivity contribution in [2.24, 2.45) is 0 Å². The molecule has 0 aromatic carbocycles. The van der Waals surface area contributed by atoms with Crippen LogP contribution in [-0.2, 0) is 9.59 Å². The van der Waals surface area contributed by atoms with Crippen LogP contribution in [0.5, 0.6) is 0 Å². The van der Waals surface area contributed by atoms with E-state index in [4.69, 9.17) is 5.11 Å². The first-order valence-electron chi connectivity index (χ1n) is 6.69. The van der Waals surface area contributed by atoms with Crippen molar-refractivity contribution in [2.75, 3.05) is 5.32 Å². The highest BCUT2D eigenvalue weighted by Gasteiger charge is 2.25. The summed E-state index contributed by atoms with van der Waals surface area (Å²) in [7, 11) is 0. The van der Waals surface area contributed by atoms with E-state index in [1.54, 1.807) is 6.92 Å². The highest BCUT2D eigenvalue weighted by Crippen LogP contribution is 2.32. The van der Waals surface area contributed by atoms with E-state index in [1.807, 2.05) is 13.8 Å². The van der Waals surface area contributed by atoms with Crippen LogP contribution in [-0.4, -0.2) is 28.9 Å². The van der Waals surface area contributed by atoms with Crippen LogP contribution in [0.25, 0.3) is 0 Å². The first-order valence-corrected chi connectivity index (χ1v) is 7.50. The first kappa shape index (κ1) is 17.2. The lowest BCUT2D eigenvalue weighted by Crippen LogP contribution is -2.41. The van der Waals surface area contributed by atoms with Gasteiger partial charge in [0.1, 0.15) is 11.0 Å². The van der Waals surface area contributed by atoms with Gasteiger partial charge in [-0.25, -0.2) is 4.79 Å². The van der Waals surface area contributed by atoms with Crippen molar-refractivity contribution in [3.8, 4) is 0 Å². The molecule has 0 radical (unpaired) electrons. The van der Waals surface area contributed by atoms with Crippen molar-refractivity contribution in [3.05, 3.63) is 16.0 Å². The van der Waals surface area contributed by atoms with Gasteiger partial charge in [-0.3, -0.25) is 9.59 Å². The van der Waals surface area contributed by atoms with Crippen molar-refractivity contribution in [1.29, 1.82) is 0 Å². The number of hydrogen-bond donors (Lipinski definition) is 3. The molecule has 1 unspecified atom stereocenters. The highest BCUT2D eigenvalue weighted by molar-refractivity contribution is 7.16. The Kier molecular flexibility index (Phi) is 5.90. The number of carboxylic acids is 1. The van der Waals surface area contributed by atoms with E-state index in [0.29, 0.717) is 23.4 Å². The van der Waals surface area contributed by atoms with Gasteiger partial charge in [-0.1, -0.05) is 13.3 Å². The molecule has 0 aliphatic carbocycles. The van der Waals surface area contributed by atoms with Crippen molar-refractivity contribution in [1.82, 2.24) is 5.32 Å². The van der Waals surface area contributed by atoms with Gasteiger partial charge in [0.2, 0.25) is 5.91 Å². The predicted octanol–water partition coefficient (Wildman–Crippen LogP) is 2.31. The van der Waals surface area contributed by atoms with Crippen molar-refractivity contribution >= 4 is 34.1 Å². The molecule has 2 amide bonds. The monoisotopic (exact) mass is 312 g/mol. The minimum Gasteiger partial charge on any atom is -0.480 e. The Labute approximate surface area is 127 Å². The summed E-state index contributed by atoms with van der Waals surface area (Å²) >= 11 is 1.31. The van der Waals surface area contributed by atoms with E-state index in [2.05, 4.69) is 10.6 Å². The maximum Gasteiger partial charge on any atom is 0.326 e. The lowest BCUT2D eigenvalue weighted by atomic mass is 10.1. The lowest BCUT2D eigenvalue weighted by Gasteiger charge is -2.14. The van der Waals surface area contributed by atoms with Gasteiger partial charge in [0, 0.05) is 11.8 Å². The summed E-state index contributed by atoms with van der Waals surface area (Å²) in [6, 6.07) is -0.924. The van der Waals surface area contributed by atoms with E-state index >= 15 is 0 Å². The summed E-state index contributed by atoms with van der Waals surface area (Å²) in [5, 5.41) is 14.7. The van der Waals surface area contributed by atoms with Crippen LogP contribution in [0.2, 0.25) is 0 Å². The second-order valence-corrected chi connectivity index (χ2v) is 6.05. The van der Waals surface area contributed by atoms with Crippen LogP contribution in [0.15, 0.2) is 0 Å². The van der Waals surface area contributed by atoms with Gasteiger partial charge in [-0.05, 0) is 25.8 Å². The van der Waals surface area contributed by atoms with Crippen LogP contribution in [0.1, 0.15) is 47.5 Å². The molecule has 0 spiro atoms. The van der Waals surface area contributed by atoms with Crippen LogP contribution in [0, 0.1) is 13.8 Å². The van der Waals surface area contributed by atoms with Crippen molar-refractivity contribution in [2.45, 2.75) is 46.6 Å². The SMILES string of the molecule is CCCC(NC(=O)c1c(NC(C)=O)sc(C)c1C)C(=O)O. The Morgan fingerprint density at radius 3 is 2.38 bits per heavy atom. The molecule has 6 nitrogen and oxygen atoms in total. The number of carbonyl (C=O) groups is 3. The summed E-state index contributed by atoms with van der Waals surface area (Å²) in [5.41, 5.74) is 1.09. The topological polar surface area (TPSA) is 95.5 Å². The number of nitrogens with one attached hydrogen (secondary N) is 2. The Morgan fingerprint density at radius 2 is 1.90 bits per heavy atom.